The van der Waals surface area contributed by atoms with Crippen molar-refractivity contribution >= 4 is 11.6 Å². The summed E-state index contributed by atoms with van der Waals surface area (Å²) in [4.78, 5) is 0. The molecule has 0 aromatic carbocycles. The fourth-order valence-corrected chi connectivity index (χ4v) is 0.890. The summed E-state index contributed by atoms with van der Waals surface area (Å²) in [6.07, 6.45) is -3.47. The van der Waals surface area contributed by atoms with Crippen molar-refractivity contribution in [2.75, 3.05) is 0 Å². The fraction of sp³-hybridized carbons (Fsp3) is 0.333. The van der Waals surface area contributed by atoms with Crippen LogP contribution in [0.5, 0.6) is 0 Å². The molecule has 0 fully saturated rings. The maximum Gasteiger partial charge on any atom is 0.410 e. The Kier molecular flexibility index (Phi) is 2.34. The van der Waals surface area contributed by atoms with E-state index >= 15 is 0 Å². The fourth-order valence-electron chi connectivity index (χ4n) is 0.676. The molecule has 0 unspecified atom stereocenters. The van der Waals surface area contributed by atoms with Gasteiger partial charge < -0.3 is 10.2 Å². The summed E-state index contributed by atoms with van der Waals surface area (Å²) in [5, 5.41) is -0.111. The lowest BCUT2D eigenvalue weighted by atomic mass is 10.2. The van der Waals surface area contributed by atoms with Crippen molar-refractivity contribution in [3.63, 3.8) is 0 Å². The van der Waals surface area contributed by atoms with E-state index in [0.29, 0.717) is 0 Å². The zero-order valence-electron chi connectivity index (χ0n) is 5.73. The standard InChI is InChI=1S/C6H5ClF3NO/c7-3-1-2-12-4(3)5(11)6(8,9)10/h1-2,5H,11H2/t5-/m0/s1. The summed E-state index contributed by atoms with van der Waals surface area (Å²) in [6, 6.07) is -0.942. The number of rotatable bonds is 1. The molecule has 0 aliphatic carbocycles. The Hall–Kier alpha value is -0.680. The number of hydrogen-bond acceptors (Lipinski definition) is 2. The molecule has 0 aliphatic rings. The van der Waals surface area contributed by atoms with Crippen LogP contribution in [0.2, 0.25) is 5.02 Å². The maximum absolute atomic E-state index is 11.9. The Balaban J connectivity index is 2.92. The van der Waals surface area contributed by atoms with Gasteiger partial charge in [0.05, 0.1) is 11.3 Å². The first-order valence-corrected chi connectivity index (χ1v) is 3.36. The second kappa shape index (κ2) is 2.99. The molecule has 0 saturated heterocycles. The maximum atomic E-state index is 11.9. The van der Waals surface area contributed by atoms with E-state index < -0.39 is 18.0 Å². The molecule has 0 radical (unpaired) electrons. The van der Waals surface area contributed by atoms with Crippen LogP contribution in [0.25, 0.3) is 0 Å². The van der Waals surface area contributed by atoms with Crippen LogP contribution in [0.15, 0.2) is 16.7 Å². The Morgan fingerprint density at radius 3 is 2.42 bits per heavy atom. The smallest absolute Gasteiger partial charge is 0.410 e. The van der Waals surface area contributed by atoms with Gasteiger partial charge in [0.25, 0.3) is 0 Å². The van der Waals surface area contributed by atoms with Gasteiger partial charge in [-0.15, -0.1) is 0 Å². The Morgan fingerprint density at radius 2 is 2.08 bits per heavy atom. The molecular weight excluding hydrogens is 195 g/mol. The lowest BCUT2D eigenvalue weighted by molar-refractivity contribution is -0.152. The van der Waals surface area contributed by atoms with Gasteiger partial charge in [0.15, 0.2) is 6.04 Å². The summed E-state index contributed by atoms with van der Waals surface area (Å²) >= 11 is 5.37. The Morgan fingerprint density at radius 1 is 1.50 bits per heavy atom. The molecule has 1 heterocycles. The average molecular weight is 200 g/mol. The molecule has 0 aliphatic heterocycles. The lowest BCUT2D eigenvalue weighted by Crippen LogP contribution is -2.28. The van der Waals surface area contributed by atoms with Gasteiger partial charge in [0.1, 0.15) is 5.76 Å². The second-order valence-electron chi connectivity index (χ2n) is 2.15. The third-order valence-corrected chi connectivity index (χ3v) is 1.59. The van der Waals surface area contributed by atoms with E-state index in [9.17, 15) is 13.2 Å². The quantitative estimate of drug-likeness (QED) is 0.755. The van der Waals surface area contributed by atoms with Crippen LogP contribution in [0, 0.1) is 0 Å². The molecule has 68 valence electrons. The zero-order chi connectivity index (χ0) is 9.35. The highest BCUT2D eigenvalue weighted by Gasteiger charge is 2.40. The number of halogens is 4. The van der Waals surface area contributed by atoms with E-state index in [0.717, 1.165) is 6.26 Å². The van der Waals surface area contributed by atoms with Gasteiger partial charge in [-0.3, -0.25) is 0 Å². The minimum Gasteiger partial charge on any atom is -0.466 e. The van der Waals surface area contributed by atoms with Crippen molar-refractivity contribution < 1.29 is 17.6 Å². The molecule has 0 saturated carbocycles. The topological polar surface area (TPSA) is 39.2 Å². The van der Waals surface area contributed by atoms with Crippen molar-refractivity contribution in [3.05, 3.63) is 23.1 Å². The minimum atomic E-state index is -4.53. The molecule has 1 atom stereocenters. The van der Waals surface area contributed by atoms with Gasteiger partial charge in [0, 0.05) is 0 Å². The van der Waals surface area contributed by atoms with Crippen molar-refractivity contribution in [1.82, 2.24) is 0 Å². The summed E-state index contributed by atoms with van der Waals surface area (Å²) in [6.45, 7) is 0. The second-order valence-corrected chi connectivity index (χ2v) is 2.56. The Labute approximate surface area is 71.1 Å². The summed E-state index contributed by atoms with van der Waals surface area (Å²) < 4.78 is 40.3. The van der Waals surface area contributed by atoms with Crippen LogP contribution in [-0.2, 0) is 0 Å². The average Bonchev–Trinajstić information content (AvgIpc) is 2.31. The number of nitrogens with two attached hydrogens (primary N) is 1. The molecule has 6 heteroatoms. The van der Waals surface area contributed by atoms with E-state index in [4.69, 9.17) is 17.3 Å². The molecule has 0 bridgehead atoms. The number of furan rings is 1. The molecule has 0 spiro atoms. The zero-order valence-corrected chi connectivity index (χ0v) is 6.49. The highest BCUT2D eigenvalue weighted by molar-refractivity contribution is 6.31. The van der Waals surface area contributed by atoms with E-state index in [1.54, 1.807) is 0 Å². The van der Waals surface area contributed by atoms with Gasteiger partial charge in [-0.2, -0.15) is 13.2 Å². The van der Waals surface area contributed by atoms with Crippen LogP contribution in [0.4, 0.5) is 13.2 Å². The van der Waals surface area contributed by atoms with Gasteiger partial charge in [0.2, 0.25) is 0 Å². The largest absolute Gasteiger partial charge is 0.466 e. The third-order valence-electron chi connectivity index (χ3n) is 1.28. The first-order valence-electron chi connectivity index (χ1n) is 2.98. The van der Waals surface area contributed by atoms with Gasteiger partial charge >= 0.3 is 6.18 Å². The predicted molar refractivity (Wildman–Crippen MR) is 36.7 cm³/mol. The number of hydrogen-bond donors (Lipinski definition) is 1. The first kappa shape index (κ1) is 9.41. The molecular formula is C6H5ClF3NO. The number of alkyl halides is 3. The van der Waals surface area contributed by atoms with Crippen molar-refractivity contribution in [2.45, 2.75) is 12.2 Å². The van der Waals surface area contributed by atoms with Crippen LogP contribution < -0.4 is 5.73 Å². The molecule has 1 rings (SSSR count). The predicted octanol–water partition coefficient (Wildman–Crippen LogP) is 2.50. The SMILES string of the molecule is N[C@@H](c1occc1Cl)C(F)(F)F. The van der Waals surface area contributed by atoms with Crippen LogP contribution in [0.1, 0.15) is 11.8 Å². The monoisotopic (exact) mass is 199 g/mol. The highest BCUT2D eigenvalue weighted by atomic mass is 35.5. The normalized spacial score (nSPS) is 14.8. The molecule has 1 aromatic heterocycles. The van der Waals surface area contributed by atoms with E-state index in [-0.39, 0.29) is 5.02 Å². The first-order chi connectivity index (χ1) is 5.43. The summed E-state index contributed by atoms with van der Waals surface area (Å²) in [7, 11) is 0. The van der Waals surface area contributed by atoms with E-state index in [1.807, 2.05) is 0 Å². The van der Waals surface area contributed by atoms with Crippen molar-refractivity contribution in [3.8, 4) is 0 Å². The molecule has 2 nitrogen and oxygen atoms in total. The summed E-state index contributed by atoms with van der Waals surface area (Å²) in [5.74, 6) is -0.454. The Bertz CT molecular complexity index is 270. The molecule has 12 heavy (non-hydrogen) atoms. The van der Waals surface area contributed by atoms with E-state index in [1.165, 1.54) is 6.07 Å². The molecule has 0 amide bonds. The van der Waals surface area contributed by atoms with Gasteiger partial charge in [-0.25, -0.2) is 0 Å². The minimum absolute atomic E-state index is 0.111. The van der Waals surface area contributed by atoms with Gasteiger partial charge in [-0.1, -0.05) is 11.6 Å². The van der Waals surface area contributed by atoms with Crippen LogP contribution in [0.3, 0.4) is 0 Å². The summed E-state index contributed by atoms with van der Waals surface area (Å²) in [5.41, 5.74) is 4.81. The lowest BCUT2D eigenvalue weighted by Gasteiger charge is -2.12. The molecule has 2 N–H and O–H groups in total. The van der Waals surface area contributed by atoms with Crippen molar-refractivity contribution in [1.29, 1.82) is 0 Å². The van der Waals surface area contributed by atoms with E-state index in [2.05, 4.69) is 4.42 Å². The van der Waals surface area contributed by atoms with Crippen LogP contribution >= 0.6 is 11.6 Å². The van der Waals surface area contributed by atoms with Crippen molar-refractivity contribution in [2.24, 2.45) is 5.73 Å². The van der Waals surface area contributed by atoms with Gasteiger partial charge in [-0.05, 0) is 6.07 Å². The highest BCUT2D eigenvalue weighted by Crippen LogP contribution is 2.34. The third kappa shape index (κ3) is 1.73. The van der Waals surface area contributed by atoms with Crippen LogP contribution in [-0.4, -0.2) is 6.18 Å². The molecule has 1 aromatic rings.